The molecule has 2 fully saturated rings. The summed E-state index contributed by atoms with van der Waals surface area (Å²) in [5.41, 5.74) is 2.08. The normalized spacial score (nSPS) is 24.6. The van der Waals surface area contributed by atoms with E-state index >= 15 is 0 Å². The highest BCUT2D eigenvalue weighted by Crippen LogP contribution is 2.31. The second kappa shape index (κ2) is 6.81. The van der Waals surface area contributed by atoms with Gasteiger partial charge in [-0.1, -0.05) is 30.3 Å². The van der Waals surface area contributed by atoms with Gasteiger partial charge in [0.05, 0.1) is 0 Å². The Morgan fingerprint density at radius 3 is 2.58 bits per heavy atom. The topological polar surface area (TPSA) is 39.3 Å². The summed E-state index contributed by atoms with van der Waals surface area (Å²) in [5.74, 6) is 0.161. The molecule has 4 nitrogen and oxygen atoms in total. The molecule has 2 aliphatic heterocycles. The first-order valence-corrected chi connectivity index (χ1v) is 9.05. The Hall–Kier alpha value is -2.07. The van der Waals surface area contributed by atoms with E-state index < -0.39 is 0 Å². The zero-order valence-corrected chi connectivity index (χ0v) is 14.0. The zero-order valence-electron chi connectivity index (χ0n) is 14.0. The summed E-state index contributed by atoms with van der Waals surface area (Å²) in [7, 11) is 0. The second-order valence-electron chi connectivity index (χ2n) is 6.96. The van der Waals surface area contributed by atoms with E-state index in [1.807, 2.05) is 18.3 Å². The molecule has 0 bridgehead atoms. The SMILES string of the molecule is O=C(c1ccc[nH]1)N1CCC[C@@H]1[C@@H]1CCCN1Cc1ccccc1. The van der Waals surface area contributed by atoms with Gasteiger partial charge in [-0.25, -0.2) is 0 Å². The third-order valence-corrected chi connectivity index (χ3v) is 5.48. The molecule has 2 aliphatic rings. The van der Waals surface area contributed by atoms with Crippen molar-refractivity contribution < 1.29 is 4.79 Å². The third-order valence-electron chi connectivity index (χ3n) is 5.48. The van der Waals surface area contributed by atoms with Gasteiger partial charge >= 0.3 is 0 Å². The summed E-state index contributed by atoms with van der Waals surface area (Å²) in [6, 6.07) is 15.3. The summed E-state index contributed by atoms with van der Waals surface area (Å²) >= 11 is 0. The van der Waals surface area contributed by atoms with Crippen molar-refractivity contribution in [1.29, 1.82) is 0 Å². The Morgan fingerprint density at radius 2 is 1.79 bits per heavy atom. The van der Waals surface area contributed by atoms with Crippen molar-refractivity contribution in [1.82, 2.24) is 14.8 Å². The first-order chi connectivity index (χ1) is 11.8. The van der Waals surface area contributed by atoms with Crippen molar-refractivity contribution >= 4 is 5.91 Å². The van der Waals surface area contributed by atoms with Gasteiger partial charge in [0.25, 0.3) is 5.91 Å². The molecule has 3 heterocycles. The Kier molecular flexibility index (Phi) is 4.39. The average Bonchev–Trinajstić information content (AvgIpc) is 3.36. The van der Waals surface area contributed by atoms with Gasteiger partial charge in [-0.3, -0.25) is 9.69 Å². The van der Waals surface area contributed by atoms with E-state index in [-0.39, 0.29) is 5.91 Å². The smallest absolute Gasteiger partial charge is 0.270 e. The maximum Gasteiger partial charge on any atom is 0.270 e. The number of aromatic amines is 1. The minimum atomic E-state index is 0.161. The molecule has 0 spiro atoms. The van der Waals surface area contributed by atoms with Crippen LogP contribution in [0.25, 0.3) is 0 Å². The number of carbonyl (C=O) groups excluding carboxylic acids is 1. The molecule has 2 aromatic rings. The van der Waals surface area contributed by atoms with Gasteiger partial charge in [-0.2, -0.15) is 0 Å². The first kappa shape index (κ1) is 15.5. The van der Waals surface area contributed by atoms with Crippen LogP contribution in [0, 0.1) is 0 Å². The van der Waals surface area contributed by atoms with Crippen LogP contribution >= 0.6 is 0 Å². The van der Waals surface area contributed by atoms with Crippen molar-refractivity contribution in [3.05, 3.63) is 59.9 Å². The van der Waals surface area contributed by atoms with Crippen molar-refractivity contribution in [2.75, 3.05) is 13.1 Å². The number of nitrogens with one attached hydrogen (secondary N) is 1. The first-order valence-electron chi connectivity index (χ1n) is 9.05. The molecule has 1 amide bonds. The van der Waals surface area contributed by atoms with Gasteiger partial charge in [-0.15, -0.1) is 0 Å². The molecule has 2 atom stereocenters. The number of amides is 1. The van der Waals surface area contributed by atoms with E-state index in [0.717, 1.165) is 38.2 Å². The van der Waals surface area contributed by atoms with Gasteiger partial charge in [0.2, 0.25) is 0 Å². The monoisotopic (exact) mass is 323 g/mol. The highest BCUT2D eigenvalue weighted by Gasteiger charge is 2.39. The number of nitrogens with zero attached hydrogens (tertiary/aromatic N) is 2. The van der Waals surface area contributed by atoms with Gasteiger partial charge < -0.3 is 9.88 Å². The lowest BCUT2D eigenvalue weighted by molar-refractivity contribution is 0.0634. The van der Waals surface area contributed by atoms with Crippen molar-refractivity contribution in [2.45, 2.75) is 44.3 Å². The van der Waals surface area contributed by atoms with E-state index in [2.05, 4.69) is 45.1 Å². The maximum absolute atomic E-state index is 12.8. The Labute approximate surface area is 143 Å². The number of likely N-dealkylation sites (tertiary alicyclic amines) is 2. The second-order valence-corrected chi connectivity index (χ2v) is 6.96. The summed E-state index contributed by atoms with van der Waals surface area (Å²) in [6.07, 6.45) is 6.51. The van der Waals surface area contributed by atoms with Crippen molar-refractivity contribution in [3.8, 4) is 0 Å². The van der Waals surface area contributed by atoms with E-state index in [0.29, 0.717) is 12.1 Å². The Bertz CT molecular complexity index is 667. The maximum atomic E-state index is 12.8. The van der Waals surface area contributed by atoms with Crippen LogP contribution in [0.3, 0.4) is 0 Å². The molecule has 1 aromatic heterocycles. The summed E-state index contributed by atoms with van der Waals surface area (Å²) < 4.78 is 0. The fraction of sp³-hybridized carbons (Fsp3) is 0.450. The zero-order chi connectivity index (χ0) is 16.4. The van der Waals surface area contributed by atoms with Gasteiger partial charge in [0.15, 0.2) is 0 Å². The molecular formula is C20H25N3O. The number of aromatic nitrogens is 1. The molecule has 0 aliphatic carbocycles. The third kappa shape index (κ3) is 2.98. The number of hydrogen-bond donors (Lipinski definition) is 1. The van der Waals surface area contributed by atoms with Gasteiger partial charge in [0, 0.05) is 31.4 Å². The molecule has 0 radical (unpaired) electrons. The quantitative estimate of drug-likeness (QED) is 0.938. The molecule has 1 N–H and O–H groups in total. The minimum absolute atomic E-state index is 0.161. The molecule has 126 valence electrons. The fourth-order valence-corrected chi connectivity index (χ4v) is 4.36. The number of benzene rings is 1. The van der Waals surface area contributed by atoms with E-state index in [9.17, 15) is 4.79 Å². The molecule has 0 unspecified atom stereocenters. The number of H-pyrrole nitrogens is 1. The standard InChI is InChI=1S/C20H25N3O/c24-20(17-9-4-12-21-17)23-14-6-11-19(23)18-10-5-13-22(18)15-16-7-2-1-3-8-16/h1-4,7-9,12,18-19,21H,5-6,10-11,13-15H2/t18-,19+/m0/s1. The molecule has 2 saturated heterocycles. The van der Waals surface area contributed by atoms with Crippen LogP contribution in [0.1, 0.15) is 41.7 Å². The molecule has 4 rings (SSSR count). The molecule has 4 heteroatoms. The van der Waals surface area contributed by atoms with Crippen LogP contribution in [0.15, 0.2) is 48.7 Å². The predicted octanol–water partition coefficient (Wildman–Crippen LogP) is 3.28. The summed E-state index contributed by atoms with van der Waals surface area (Å²) in [5, 5.41) is 0. The van der Waals surface area contributed by atoms with E-state index in [1.165, 1.54) is 18.4 Å². The molecule has 0 saturated carbocycles. The Morgan fingerprint density at radius 1 is 1.00 bits per heavy atom. The van der Waals surface area contributed by atoms with Crippen molar-refractivity contribution in [2.24, 2.45) is 0 Å². The molecular weight excluding hydrogens is 298 g/mol. The number of rotatable bonds is 4. The van der Waals surface area contributed by atoms with Crippen LogP contribution in [0.5, 0.6) is 0 Å². The number of hydrogen-bond acceptors (Lipinski definition) is 2. The molecule has 1 aromatic carbocycles. The molecule has 24 heavy (non-hydrogen) atoms. The summed E-state index contributed by atoms with van der Waals surface area (Å²) in [4.78, 5) is 20.6. The van der Waals surface area contributed by atoms with E-state index in [1.54, 1.807) is 0 Å². The minimum Gasteiger partial charge on any atom is -0.357 e. The fourth-order valence-electron chi connectivity index (χ4n) is 4.36. The number of carbonyl (C=O) groups is 1. The van der Waals surface area contributed by atoms with Crippen LogP contribution in [0.4, 0.5) is 0 Å². The Balaban J connectivity index is 1.49. The van der Waals surface area contributed by atoms with Crippen LogP contribution in [-0.2, 0) is 6.54 Å². The van der Waals surface area contributed by atoms with Crippen molar-refractivity contribution in [3.63, 3.8) is 0 Å². The highest BCUT2D eigenvalue weighted by atomic mass is 16.2. The predicted molar refractivity (Wildman–Crippen MR) is 94.7 cm³/mol. The van der Waals surface area contributed by atoms with Crippen LogP contribution in [0.2, 0.25) is 0 Å². The van der Waals surface area contributed by atoms with Gasteiger partial charge in [0.1, 0.15) is 5.69 Å². The lowest BCUT2D eigenvalue weighted by atomic mass is 10.0. The summed E-state index contributed by atoms with van der Waals surface area (Å²) in [6.45, 7) is 3.02. The van der Waals surface area contributed by atoms with Crippen LogP contribution < -0.4 is 0 Å². The highest BCUT2D eigenvalue weighted by molar-refractivity contribution is 5.92. The van der Waals surface area contributed by atoms with E-state index in [4.69, 9.17) is 0 Å². The lowest BCUT2D eigenvalue weighted by Crippen LogP contribution is -2.48. The van der Waals surface area contributed by atoms with Gasteiger partial charge in [-0.05, 0) is 49.9 Å². The average molecular weight is 323 g/mol. The largest absolute Gasteiger partial charge is 0.357 e. The van der Waals surface area contributed by atoms with Crippen LogP contribution in [-0.4, -0.2) is 45.9 Å². The lowest BCUT2D eigenvalue weighted by Gasteiger charge is -2.35.